The van der Waals surface area contributed by atoms with Crippen molar-refractivity contribution in [1.29, 1.82) is 0 Å². The Kier molecular flexibility index (Phi) is 7.03. The third kappa shape index (κ3) is 6.91. The van der Waals surface area contributed by atoms with Crippen molar-refractivity contribution in [2.24, 2.45) is 0 Å². The van der Waals surface area contributed by atoms with Crippen molar-refractivity contribution < 1.29 is 0 Å². The Morgan fingerprint density at radius 1 is 1.20 bits per heavy atom. The van der Waals surface area contributed by atoms with Crippen LogP contribution in [0.2, 0.25) is 0 Å². The maximum absolute atomic E-state index is 3.68. The Bertz CT molecular complexity index is 143. The summed E-state index contributed by atoms with van der Waals surface area (Å²) in [5.41, 5.74) is 0. The van der Waals surface area contributed by atoms with E-state index in [4.69, 9.17) is 0 Å². The first-order valence-electron chi connectivity index (χ1n) is 6.83. The molecule has 0 spiro atoms. The van der Waals surface area contributed by atoms with E-state index in [1.165, 1.54) is 58.0 Å². The molecular weight excluding hydrogens is 184 g/mol. The van der Waals surface area contributed by atoms with Crippen LogP contribution in [-0.4, -0.2) is 25.2 Å². The quantitative estimate of drug-likeness (QED) is 0.431. The van der Waals surface area contributed by atoms with Gasteiger partial charge < -0.3 is 10.6 Å². The fraction of sp³-hybridized carbons (Fsp3) is 1.00. The molecule has 0 amide bonds. The first-order chi connectivity index (χ1) is 7.36. The molecule has 0 aromatic heterocycles. The molecule has 2 unspecified atom stereocenters. The average molecular weight is 212 g/mol. The molecular formula is C13H28N2. The third-order valence-electron chi connectivity index (χ3n) is 3.20. The van der Waals surface area contributed by atoms with Gasteiger partial charge in [-0.05, 0) is 32.2 Å². The normalized spacial score (nSPS) is 21.6. The number of unbranched alkanes of at least 4 members (excludes halogenated alkanes) is 2. The summed E-state index contributed by atoms with van der Waals surface area (Å²) in [5.74, 6) is 0. The first kappa shape index (κ1) is 13.0. The SMILES string of the molecule is CCCCCC(CCC1CN1)NCCC. The summed E-state index contributed by atoms with van der Waals surface area (Å²) in [6, 6.07) is 1.63. The van der Waals surface area contributed by atoms with Gasteiger partial charge in [0.15, 0.2) is 0 Å². The number of rotatable bonds is 10. The lowest BCUT2D eigenvalue weighted by Gasteiger charge is -2.18. The minimum absolute atomic E-state index is 0.777. The van der Waals surface area contributed by atoms with E-state index in [9.17, 15) is 0 Å². The molecule has 0 aromatic rings. The van der Waals surface area contributed by atoms with Gasteiger partial charge in [-0.3, -0.25) is 0 Å². The Morgan fingerprint density at radius 3 is 2.60 bits per heavy atom. The lowest BCUT2D eigenvalue weighted by molar-refractivity contribution is 0.424. The average Bonchev–Trinajstić information content (AvgIpc) is 3.05. The maximum atomic E-state index is 3.68. The second kappa shape index (κ2) is 8.12. The summed E-state index contributed by atoms with van der Waals surface area (Å²) in [7, 11) is 0. The summed E-state index contributed by atoms with van der Waals surface area (Å²) in [5, 5.41) is 7.07. The molecule has 1 heterocycles. The van der Waals surface area contributed by atoms with E-state index >= 15 is 0 Å². The molecule has 90 valence electrons. The van der Waals surface area contributed by atoms with Gasteiger partial charge in [0.2, 0.25) is 0 Å². The van der Waals surface area contributed by atoms with Crippen LogP contribution in [-0.2, 0) is 0 Å². The Balaban J connectivity index is 2.05. The van der Waals surface area contributed by atoms with Gasteiger partial charge in [0, 0.05) is 18.6 Å². The van der Waals surface area contributed by atoms with Crippen LogP contribution in [0, 0.1) is 0 Å². The van der Waals surface area contributed by atoms with E-state index in [1.807, 2.05) is 0 Å². The van der Waals surface area contributed by atoms with Gasteiger partial charge in [-0.15, -0.1) is 0 Å². The second-order valence-corrected chi connectivity index (χ2v) is 4.83. The van der Waals surface area contributed by atoms with Gasteiger partial charge in [0.1, 0.15) is 0 Å². The highest BCUT2D eigenvalue weighted by atomic mass is 15.1. The van der Waals surface area contributed by atoms with E-state index in [0.717, 1.165) is 12.1 Å². The van der Waals surface area contributed by atoms with Gasteiger partial charge in [0.05, 0.1) is 0 Å². The summed E-state index contributed by atoms with van der Waals surface area (Å²) in [6.07, 6.45) is 9.49. The van der Waals surface area contributed by atoms with E-state index in [0.29, 0.717) is 0 Å². The molecule has 2 atom stereocenters. The van der Waals surface area contributed by atoms with Crippen LogP contribution in [0.15, 0.2) is 0 Å². The van der Waals surface area contributed by atoms with Crippen LogP contribution in [0.1, 0.15) is 58.8 Å². The van der Waals surface area contributed by atoms with Gasteiger partial charge in [-0.2, -0.15) is 0 Å². The minimum Gasteiger partial charge on any atom is -0.314 e. The molecule has 1 aliphatic heterocycles. The highest BCUT2D eigenvalue weighted by Gasteiger charge is 2.20. The number of hydrogen-bond acceptors (Lipinski definition) is 2. The Labute approximate surface area is 95.2 Å². The Hall–Kier alpha value is -0.0800. The van der Waals surface area contributed by atoms with Crippen LogP contribution in [0.4, 0.5) is 0 Å². The lowest BCUT2D eigenvalue weighted by Crippen LogP contribution is -2.30. The number of hydrogen-bond donors (Lipinski definition) is 2. The van der Waals surface area contributed by atoms with E-state index in [1.54, 1.807) is 0 Å². The highest BCUT2D eigenvalue weighted by Crippen LogP contribution is 2.13. The molecule has 1 aliphatic rings. The third-order valence-corrected chi connectivity index (χ3v) is 3.20. The molecule has 0 saturated carbocycles. The van der Waals surface area contributed by atoms with Gasteiger partial charge in [0.25, 0.3) is 0 Å². The smallest absolute Gasteiger partial charge is 0.0193 e. The van der Waals surface area contributed by atoms with E-state index in [2.05, 4.69) is 24.5 Å². The van der Waals surface area contributed by atoms with Gasteiger partial charge >= 0.3 is 0 Å². The molecule has 15 heavy (non-hydrogen) atoms. The standard InChI is InChI=1S/C13H28N2/c1-3-5-6-7-12(14-10-4-2)8-9-13-11-15-13/h12-15H,3-11H2,1-2H3. The van der Waals surface area contributed by atoms with E-state index in [-0.39, 0.29) is 0 Å². The monoisotopic (exact) mass is 212 g/mol. The molecule has 1 fully saturated rings. The van der Waals surface area contributed by atoms with Crippen LogP contribution >= 0.6 is 0 Å². The highest BCUT2D eigenvalue weighted by molar-refractivity contribution is 4.84. The van der Waals surface area contributed by atoms with Crippen molar-refractivity contribution >= 4 is 0 Å². The van der Waals surface area contributed by atoms with Gasteiger partial charge in [-0.25, -0.2) is 0 Å². The lowest BCUT2D eigenvalue weighted by atomic mass is 10.0. The molecule has 0 radical (unpaired) electrons. The molecule has 0 aromatic carbocycles. The van der Waals surface area contributed by atoms with Crippen molar-refractivity contribution in [3.63, 3.8) is 0 Å². The zero-order valence-corrected chi connectivity index (χ0v) is 10.5. The van der Waals surface area contributed by atoms with E-state index < -0.39 is 0 Å². The predicted octanol–water partition coefficient (Wildman–Crippen LogP) is 2.69. The van der Waals surface area contributed by atoms with Crippen LogP contribution in [0.5, 0.6) is 0 Å². The van der Waals surface area contributed by atoms with Crippen molar-refractivity contribution in [2.45, 2.75) is 70.9 Å². The zero-order chi connectivity index (χ0) is 10.9. The predicted molar refractivity (Wildman–Crippen MR) is 67.2 cm³/mol. The topological polar surface area (TPSA) is 34.0 Å². The van der Waals surface area contributed by atoms with Crippen LogP contribution in [0.3, 0.4) is 0 Å². The molecule has 1 rings (SSSR count). The zero-order valence-electron chi connectivity index (χ0n) is 10.5. The van der Waals surface area contributed by atoms with Crippen LogP contribution in [0.25, 0.3) is 0 Å². The maximum Gasteiger partial charge on any atom is 0.0193 e. The summed E-state index contributed by atoms with van der Waals surface area (Å²) in [4.78, 5) is 0. The summed E-state index contributed by atoms with van der Waals surface area (Å²) >= 11 is 0. The molecule has 2 heteroatoms. The second-order valence-electron chi connectivity index (χ2n) is 4.83. The fourth-order valence-electron chi connectivity index (χ4n) is 2.03. The van der Waals surface area contributed by atoms with Crippen LogP contribution < -0.4 is 10.6 Å². The Morgan fingerprint density at radius 2 is 2.00 bits per heavy atom. The first-order valence-corrected chi connectivity index (χ1v) is 6.83. The molecule has 0 aliphatic carbocycles. The largest absolute Gasteiger partial charge is 0.314 e. The summed E-state index contributed by atoms with van der Waals surface area (Å²) in [6.45, 7) is 6.98. The van der Waals surface area contributed by atoms with Gasteiger partial charge in [-0.1, -0.05) is 33.1 Å². The fourth-order valence-corrected chi connectivity index (χ4v) is 2.03. The van der Waals surface area contributed by atoms with Crippen molar-refractivity contribution in [3.05, 3.63) is 0 Å². The molecule has 2 nitrogen and oxygen atoms in total. The van der Waals surface area contributed by atoms with Crippen molar-refractivity contribution in [3.8, 4) is 0 Å². The molecule has 2 N–H and O–H groups in total. The molecule has 0 bridgehead atoms. The van der Waals surface area contributed by atoms with Crippen molar-refractivity contribution in [2.75, 3.05) is 13.1 Å². The number of nitrogens with one attached hydrogen (secondary N) is 2. The summed E-state index contributed by atoms with van der Waals surface area (Å²) < 4.78 is 0. The minimum atomic E-state index is 0.777. The molecule has 1 saturated heterocycles. The van der Waals surface area contributed by atoms with Crippen molar-refractivity contribution in [1.82, 2.24) is 10.6 Å².